The second-order valence-corrected chi connectivity index (χ2v) is 8.60. The van der Waals surface area contributed by atoms with E-state index < -0.39 is 30.5 Å². The molecule has 0 radical (unpaired) electrons. The zero-order valence-corrected chi connectivity index (χ0v) is 17.1. The average molecular weight is 457 g/mol. The van der Waals surface area contributed by atoms with Gasteiger partial charge in [-0.25, -0.2) is 18.3 Å². The Morgan fingerprint density at radius 3 is 2.87 bits per heavy atom. The number of carbonyl (C=O) groups is 1. The van der Waals surface area contributed by atoms with E-state index in [2.05, 4.69) is 20.1 Å². The van der Waals surface area contributed by atoms with Crippen LogP contribution in [0.2, 0.25) is 0 Å². The fraction of sp³-hybridized carbons (Fsp3) is 0.421. The molecule has 12 heteroatoms. The molecule has 0 aliphatic heterocycles. The summed E-state index contributed by atoms with van der Waals surface area (Å²) in [5, 5.41) is 6.49. The molecule has 3 aromatic heterocycles. The van der Waals surface area contributed by atoms with Crippen LogP contribution in [0.15, 0.2) is 24.7 Å². The zero-order chi connectivity index (χ0) is 22.3. The third kappa shape index (κ3) is 4.22. The molecule has 0 aromatic carbocycles. The molecule has 31 heavy (non-hydrogen) atoms. The van der Waals surface area contributed by atoms with Gasteiger partial charge in [0.2, 0.25) is 0 Å². The van der Waals surface area contributed by atoms with Crippen molar-refractivity contribution < 1.29 is 27.1 Å². The minimum absolute atomic E-state index is 0.149. The molecule has 3 heterocycles. The summed E-state index contributed by atoms with van der Waals surface area (Å²) in [5.41, 5.74) is 7.41. The molecule has 0 bridgehead atoms. The number of rotatable bonds is 5. The summed E-state index contributed by atoms with van der Waals surface area (Å²) >= 11 is 1.14. The monoisotopic (exact) mass is 457 g/mol. The van der Waals surface area contributed by atoms with Crippen molar-refractivity contribution >= 4 is 22.9 Å². The molecule has 4 rings (SSSR count). The number of aromatic nitrogens is 3. The predicted octanol–water partition coefficient (Wildman–Crippen LogP) is 3.61. The van der Waals surface area contributed by atoms with E-state index in [4.69, 9.17) is 5.73 Å². The molecule has 2 atom stereocenters. The van der Waals surface area contributed by atoms with Crippen LogP contribution >= 0.6 is 11.3 Å². The van der Waals surface area contributed by atoms with Crippen molar-refractivity contribution in [3.63, 3.8) is 0 Å². The van der Waals surface area contributed by atoms with Gasteiger partial charge in [0.25, 0.3) is 11.8 Å². The van der Waals surface area contributed by atoms with Crippen LogP contribution in [0.3, 0.4) is 0 Å². The first-order chi connectivity index (χ1) is 14.7. The maximum absolute atomic E-state index is 14.2. The van der Waals surface area contributed by atoms with Crippen LogP contribution in [-0.4, -0.2) is 45.1 Å². The van der Waals surface area contributed by atoms with E-state index in [9.17, 15) is 22.4 Å². The molecule has 3 aromatic rings. The molecule has 0 spiro atoms. The lowest BCUT2D eigenvalue weighted by atomic mass is 9.87. The van der Waals surface area contributed by atoms with Crippen molar-refractivity contribution in [1.29, 1.82) is 0 Å². The van der Waals surface area contributed by atoms with Gasteiger partial charge in [-0.3, -0.25) is 4.79 Å². The van der Waals surface area contributed by atoms with Crippen LogP contribution < -0.4 is 15.8 Å². The predicted molar refractivity (Wildman–Crippen MR) is 106 cm³/mol. The minimum Gasteiger partial charge on any atom is -0.432 e. The lowest BCUT2D eigenvalue weighted by Gasteiger charge is -2.36. The van der Waals surface area contributed by atoms with E-state index in [-0.39, 0.29) is 17.0 Å². The maximum atomic E-state index is 14.2. The molecule has 0 saturated heterocycles. The number of nitrogens with zero attached hydrogens (tertiary/aromatic N) is 3. The Morgan fingerprint density at radius 1 is 1.39 bits per heavy atom. The van der Waals surface area contributed by atoms with Crippen molar-refractivity contribution in [2.24, 2.45) is 5.73 Å². The highest BCUT2D eigenvalue weighted by molar-refractivity contribution is 7.14. The normalized spacial score (nSPS) is 20.9. The van der Waals surface area contributed by atoms with Gasteiger partial charge in [0.1, 0.15) is 6.04 Å². The maximum Gasteiger partial charge on any atom is 0.387 e. The second-order valence-electron chi connectivity index (χ2n) is 7.34. The lowest BCUT2D eigenvalue weighted by Crippen LogP contribution is -2.59. The summed E-state index contributed by atoms with van der Waals surface area (Å²) in [5.74, 6) is -3.84. The van der Waals surface area contributed by atoms with Crippen molar-refractivity contribution in [2.45, 2.75) is 50.8 Å². The van der Waals surface area contributed by atoms with Gasteiger partial charge in [-0.2, -0.15) is 13.9 Å². The fourth-order valence-electron chi connectivity index (χ4n) is 3.71. The summed E-state index contributed by atoms with van der Waals surface area (Å²) in [6, 6.07) is -0.669. The number of fused-ring (bicyclic) bond motifs is 1. The van der Waals surface area contributed by atoms with Crippen molar-refractivity contribution in [3.8, 4) is 16.9 Å². The fourth-order valence-corrected chi connectivity index (χ4v) is 4.64. The standard InChI is InChI=1S/C19H19F4N5O2S/c1-9-11(12-7-26-28-8-10(30-18(20)21)6-25-16(12)28)5-14(31-9)17(29)27-15-13(24)3-2-4-19(15,22)23/h5-8,13,15,18H,2-4,24H2,1H3,(H,27,29)/t13-,15-/m1/s1. The Kier molecular flexibility index (Phi) is 5.60. The lowest BCUT2D eigenvalue weighted by molar-refractivity contribution is -0.0674. The highest BCUT2D eigenvalue weighted by atomic mass is 32.1. The van der Waals surface area contributed by atoms with Gasteiger partial charge in [-0.05, 0) is 25.8 Å². The molecule has 3 N–H and O–H groups in total. The Hall–Kier alpha value is -2.73. The van der Waals surface area contributed by atoms with Gasteiger partial charge in [0.05, 0.1) is 23.5 Å². The van der Waals surface area contributed by atoms with Gasteiger partial charge in [-0.1, -0.05) is 0 Å². The first-order valence-corrected chi connectivity index (χ1v) is 10.3. The first-order valence-electron chi connectivity index (χ1n) is 9.49. The summed E-state index contributed by atoms with van der Waals surface area (Å²) < 4.78 is 58.8. The number of alkyl halides is 4. The number of carbonyl (C=O) groups excluding carboxylic acids is 1. The molecule has 1 aliphatic rings. The van der Waals surface area contributed by atoms with Crippen molar-refractivity contribution in [2.75, 3.05) is 0 Å². The SMILES string of the molecule is Cc1sc(C(=O)N[C@@H]2[C@H](N)CCCC2(F)F)cc1-c1cnn2cc(OC(F)F)cnc12. The summed E-state index contributed by atoms with van der Waals surface area (Å²) in [4.78, 5) is 17.8. The molecule has 1 saturated carbocycles. The smallest absolute Gasteiger partial charge is 0.387 e. The van der Waals surface area contributed by atoms with E-state index >= 15 is 0 Å². The highest BCUT2D eigenvalue weighted by Crippen LogP contribution is 2.35. The summed E-state index contributed by atoms with van der Waals surface area (Å²) in [6.07, 6.45) is 4.31. The first kappa shape index (κ1) is 21.5. The highest BCUT2D eigenvalue weighted by Gasteiger charge is 2.46. The average Bonchev–Trinajstić information content (AvgIpc) is 3.27. The van der Waals surface area contributed by atoms with Crippen molar-refractivity contribution in [3.05, 3.63) is 34.4 Å². The Labute approximate surface area is 178 Å². The van der Waals surface area contributed by atoms with Crippen LogP contribution in [0, 0.1) is 6.92 Å². The Morgan fingerprint density at radius 2 is 2.16 bits per heavy atom. The number of hydrogen-bond donors (Lipinski definition) is 2. The number of ether oxygens (including phenoxy) is 1. The van der Waals surface area contributed by atoms with Gasteiger partial charge < -0.3 is 15.8 Å². The van der Waals surface area contributed by atoms with Gasteiger partial charge in [0, 0.05) is 28.5 Å². The second kappa shape index (κ2) is 8.08. The molecule has 0 unspecified atom stereocenters. The molecule has 166 valence electrons. The van der Waals surface area contributed by atoms with E-state index in [0.29, 0.717) is 29.6 Å². The van der Waals surface area contributed by atoms with E-state index in [1.165, 1.54) is 16.9 Å². The van der Waals surface area contributed by atoms with Gasteiger partial charge >= 0.3 is 6.61 Å². The molecule has 1 amide bonds. The van der Waals surface area contributed by atoms with Crippen LogP contribution in [0.4, 0.5) is 17.6 Å². The van der Waals surface area contributed by atoms with Crippen molar-refractivity contribution in [1.82, 2.24) is 19.9 Å². The topological polar surface area (TPSA) is 94.5 Å². The minimum atomic E-state index is -3.06. The number of nitrogens with one attached hydrogen (secondary N) is 1. The third-order valence-electron chi connectivity index (χ3n) is 5.21. The van der Waals surface area contributed by atoms with Crippen LogP contribution in [-0.2, 0) is 0 Å². The quantitative estimate of drug-likeness (QED) is 0.571. The number of hydrogen-bond acceptors (Lipinski definition) is 6. The third-order valence-corrected chi connectivity index (χ3v) is 6.26. The van der Waals surface area contributed by atoms with Gasteiger partial charge in [0.15, 0.2) is 11.4 Å². The van der Waals surface area contributed by atoms with Crippen LogP contribution in [0.5, 0.6) is 5.75 Å². The Bertz CT molecular complexity index is 1120. The number of nitrogens with two attached hydrogens (primary N) is 1. The summed E-state index contributed by atoms with van der Waals surface area (Å²) in [7, 11) is 0. The molecular weight excluding hydrogens is 438 g/mol. The molecule has 1 aliphatic carbocycles. The number of halogens is 4. The number of thiophene rings is 1. The molecule has 7 nitrogen and oxygen atoms in total. The molecular formula is C19H19F4N5O2S. The Balaban J connectivity index is 1.60. The largest absolute Gasteiger partial charge is 0.432 e. The zero-order valence-electron chi connectivity index (χ0n) is 16.3. The van der Waals surface area contributed by atoms with E-state index in [1.54, 1.807) is 13.0 Å². The van der Waals surface area contributed by atoms with E-state index in [0.717, 1.165) is 22.4 Å². The van der Waals surface area contributed by atoms with E-state index in [1.807, 2.05) is 0 Å². The number of amides is 1. The molecule has 1 fully saturated rings. The summed E-state index contributed by atoms with van der Waals surface area (Å²) in [6.45, 7) is -1.21. The number of aryl methyl sites for hydroxylation is 1. The van der Waals surface area contributed by atoms with Crippen LogP contribution in [0.25, 0.3) is 16.8 Å². The van der Waals surface area contributed by atoms with Gasteiger partial charge in [-0.15, -0.1) is 11.3 Å². The van der Waals surface area contributed by atoms with Crippen LogP contribution in [0.1, 0.15) is 33.8 Å².